The number of nitrogens with zero attached hydrogens (tertiary/aromatic N) is 1. The highest BCUT2D eigenvalue weighted by molar-refractivity contribution is 6.05. The van der Waals surface area contributed by atoms with Gasteiger partial charge in [0.15, 0.2) is 0 Å². The minimum Gasteiger partial charge on any atom is -0.426 e. The number of allylic oxidation sites excluding steroid dienone is 2. The van der Waals surface area contributed by atoms with Crippen molar-refractivity contribution < 1.29 is 19.1 Å². The van der Waals surface area contributed by atoms with Crippen LogP contribution in [0.4, 0.5) is 0 Å². The first-order valence-electron chi connectivity index (χ1n) is 9.32. The first kappa shape index (κ1) is 18.4. The number of likely N-dealkylation sites (tertiary alicyclic amines) is 1. The summed E-state index contributed by atoms with van der Waals surface area (Å²) in [6.45, 7) is 4.37. The molecular formula is C21H25NO4. The van der Waals surface area contributed by atoms with Crippen molar-refractivity contribution in [3.63, 3.8) is 0 Å². The number of imide groups is 1. The van der Waals surface area contributed by atoms with E-state index in [0.29, 0.717) is 24.5 Å². The van der Waals surface area contributed by atoms with Crippen LogP contribution >= 0.6 is 0 Å². The van der Waals surface area contributed by atoms with Crippen LogP contribution in [0.25, 0.3) is 0 Å². The van der Waals surface area contributed by atoms with Crippen molar-refractivity contribution in [1.82, 2.24) is 4.90 Å². The maximum atomic E-state index is 12.4. The summed E-state index contributed by atoms with van der Waals surface area (Å²) < 4.78 is 5.33. The molecule has 26 heavy (non-hydrogen) atoms. The van der Waals surface area contributed by atoms with Crippen LogP contribution in [0.2, 0.25) is 0 Å². The molecule has 2 amide bonds. The van der Waals surface area contributed by atoms with Crippen LogP contribution in [0.3, 0.4) is 0 Å². The summed E-state index contributed by atoms with van der Waals surface area (Å²) in [5.74, 6) is -0.308. The normalized spacial score (nSPS) is 23.1. The number of hydrogen-bond acceptors (Lipinski definition) is 4. The largest absolute Gasteiger partial charge is 0.426 e. The molecule has 0 spiro atoms. The number of carbonyl (C=O) groups is 3. The van der Waals surface area contributed by atoms with Crippen molar-refractivity contribution in [2.24, 2.45) is 11.8 Å². The molecule has 1 aliphatic carbocycles. The molecule has 5 heteroatoms. The molecule has 1 aromatic rings. The number of amides is 2. The Bertz CT molecular complexity index is 696. The Labute approximate surface area is 154 Å². The van der Waals surface area contributed by atoms with E-state index in [1.165, 1.54) is 10.5 Å². The van der Waals surface area contributed by atoms with Crippen LogP contribution in [0.1, 0.15) is 51.0 Å². The lowest BCUT2D eigenvalue weighted by molar-refractivity contribution is -0.141. The van der Waals surface area contributed by atoms with Gasteiger partial charge in [-0.25, -0.2) is 0 Å². The fraction of sp³-hybridized carbons (Fsp3) is 0.476. The molecule has 1 aromatic carbocycles. The highest BCUT2D eigenvalue weighted by Crippen LogP contribution is 2.35. The van der Waals surface area contributed by atoms with E-state index in [-0.39, 0.29) is 36.6 Å². The van der Waals surface area contributed by atoms with Gasteiger partial charge in [0, 0.05) is 6.54 Å². The van der Waals surface area contributed by atoms with Crippen LogP contribution in [0, 0.1) is 11.8 Å². The smallest absolute Gasteiger partial charge is 0.312 e. The molecule has 3 atom stereocenters. The van der Waals surface area contributed by atoms with Gasteiger partial charge in [0.25, 0.3) is 0 Å². The van der Waals surface area contributed by atoms with Crippen molar-refractivity contribution in [2.45, 2.75) is 45.4 Å². The zero-order valence-electron chi connectivity index (χ0n) is 15.3. The molecule has 2 aliphatic rings. The first-order chi connectivity index (χ1) is 12.5. The summed E-state index contributed by atoms with van der Waals surface area (Å²) in [6, 6.07) is 7.49. The molecule has 1 saturated heterocycles. The summed E-state index contributed by atoms with van der Waals surface area (Å²) in [5.41, 5.74) is 1.21. The van der Waals surface area contributed by atoms with Gasteiger partial charge >= 0.3 is 5.97 Å². The second-order valence-corrected chi connectivity index (χ2v) is 7.09. The molecule has 1 aliphatic heterocycles. The molecule has 0 radical (unpaired) electrons. The molecular weight excluding hydrogens is 330 g/mol. The van der Waals surface area contributed by atoms with Crippen LogP contribution in [0.15, 0.2) is 36.4 Å². The van der Waals surface area contributed by atoms with Gasteiger partial charge in [0.2, 0.25) is 11.8 Å². The fourth-order valence-electron chi connectivity index (χ4n) is 3.58. The number of fused-ring (bicyclic) bond motifs is 1. The molecule has 0 unspecified atom stereocenters. The number of carbonyl (C=O) groups excluding carboxylic acids is 3. The zero-order chi connectivity index (χ0) is 18.7. The Morgan fingerprint density at radius 2 is 1.69 bits per heavy atom. The molecule has 0 bridgehead atoms. The predicted molar refractivity (Wildman–Crippen MR) is 97.5 cm³/mol. The van der Waals surface area contributed by atoms with Crippen LogP contribution in [-0.4, -0.2) is 29.2 Å². The van der Waals surface area contributed by atoms with Gasteiger partial charge in [-0.2, -0.15) is 0 Å². The van der Waals surface area contributed by atoms with Gasteiger partial charge in [-0.15, -0.1) is 0 Å². The number of rotatable bonds is 6. The quantitative estimate of drug-likeness (QED) is 0.339. The summed E-state index contributed by atoms with van der Waals surface area (Å²) >= 11 is 0. The van der Waals surface area contributed by atoms with Crippen LogP contribution in [-0.2, 0) is 14.4 Å². The van der Waals surface area contributed by atoms with Crippen molar-refractivity contribution in [3.8, 4) is 5.75 Å². The van der Waals surface area contributed by atoms with E-state index in [1.807, 2.05) is 24.3 Å². The van der Waals surface area contributed by atoms with Crippen molar-refractivity contribution >= 4 is 17.8 Å². The molecule has 5 nitrogen and oxygen atoms in total. The first-order valence-corrected chi connectivity index (χ1v) is 9.32. The average molecular weight is 355 g/mol. The van der Waals surface area contributed by atoms with E-state index in [0.717, 1.165) is 6.42 Å². The molecule has 0 saturated carbocycles. The third kappa shape index (κ3) is 3.71. The van der Waals surface area contributed by atoms with E-state index >= 15 is 0 Å². The van der Waals surface area contributed by atoms with E-state index < -0.39 is 5.97 Å². The summed E-state index contributed by atoms with van der Waals surface area (Å²) in [7, 11) is 0. The monoisotopic (exact) mass is 355 g/mol. The van der Waals surface area contributed by atoms with Gasteiger partial charge < -0.3 is 4.74 Å². The third-order valence-electron chi connectivity index (χ3n) is 5.43. The standard InChI is InChI=1S/C21H25NO4/c1-3-14(2)15-8-10-16(11-9-15)26-19(23)12-13-22-20(24)17-6-4-5-7-18(17)21(22)25/h4-5,8-11,14,17-18H,3,6-7,12-13H2,1-2H3/t14-,17-,18-/m0/s1. The van der Waals surface area contributed by atoms with Gasteiger partial charge in [-0.1, -0.05) is 38.1 Å². The third-order valence-corrected chi connectivity index (χ3v) is 5.43. The Morgan fingerprint density at radius 1 is 1.12 bits per heavy atom. The fourth-order valence-corrected chi connectivity index (χ4v) is 3.58. The van der Waals surface area contributed by atoms with Crippen molar-refractivity contribution in [3.05, 3.63) is 42.0 Å². The zero-order valence-corrected chi connectivity index (χ0v) is 15.3. The second kappa shape index (κ2) is 7.85. The van der Waals surface area contributed by atoms with Gasteiger partial charge in [0.05, 0.1) is 18.3 Å². The summed E-state index contributed by atoms with van der Waals surface area (Å²) in [4.78, 5) is 38.1. The molecule has 3 rings (SSSR count). The minimum atomic E-state index is -0.435. The Morgan fingerprint density at radius 3 is 2.23 bits per heavy atom. The Hall–Kier alpha value is -2.43. The second-order valence-electron chi connectivity index (χ2n) is 7.09. The lowest BCUT2D eigenvalue weighted by Gasteiger charge is -2.14. The highest BCUT2D eigenvalue weighted by atomic mass is 16.5. The molecule has 138 valence electrons. The lowest BCUT2D eigenvalue weighted by atomic mass is 9.85. The Balaban J connectivity index is 1.53. The number of ether oxygens (including phenoxy) is 1. The lowest BCUT2D eigenvalue weighted by Crippen LogP contribution is -2.33. The minimum absolute atomic E-state index is 0.0114. The number of benzene rings is 1. The molecule has 1 heterocycles. The number of hydrogen-bond donors (Lipinski definition) is 0. The maximum Gasteiger partial charge on any atom is 0.312 e. The van der Waals surface area contributed by atoms with Gasteiger partial charge in [0.1, 0.15) is 5.75 Å². The van der Waals surface area contributed by atoms with Crippen LogP contribution < -0.4 is 4.74 Å². The van der Waals surface area contributed by atoms with Crippen molar-refractivity contribution in [1.29, 1.82) is 0 Å². The van der Waals surface area contributed by atoms with Crippen molar-refractivity contribution in [2.75, 3.05) is 6.54 Å². The van der Waals surface area contributed by atoms with Gasteiger partial charge in [-0.3, -0.25) is 19.3 Å². The molecule has 0 aromatic heterocycles. The maximum absolute atomic E-state index is 12.4. The topological polar surface area (TPSA) is 63.7 Å². The van der Waals surface area contributed by atoms with E-state index in [4.69, 9.17) is 4.74 Å². The van der Waals surface area contributed by atoms with Crippen LogP contribution in [0.5, 0.6) is 5.75 Å². The SMILES string of the molecule is CC[C@H](C)c1ccc(OC(=O)CCN2C(=O)[C@H]3CC=CC[C@@H]3C2=O)cc1. The highest BCUT2D eigenvalue weighted by Gasteiger charge is 2.46. The summed E-state index contributed by atoms with van der Waals surface area (Å²) in [5, 5.41) is 0. The Kier molecular flexibility index (Phi) is 5.55. The number of esters is 1. The van der Waals surface area contributed by atoms with E-state index in [9.17, 15) is 14.4 Å². The van der Waals surface area contributed by atoms with E-state index in [1.54, 1.807) is 12.1 Å². The summed E-state index contributed by atoms with van der Waals surface area (Å²) in [6.07, 6.45) is 6.18. The molecule has 1 fully saturated rings. The average Bonchev–Trinajstić information content (AvgIpc) is 2.91. The van der Waals surface area contributed by atoms with Gasteiger partial charge in [-0.05, 0) is 42.9 Å². The molecule has 0 N–H and O–H groups in total. The van der Waals surface area contributed by atoms with E-state index in [2.05, 4.69) is 13.8 Å². The predicted octanol–water partition coefficient (Wildman–Crippen LogP) is 3.45.